The number of nitrogens with zero attached hydrogens (tertiary/aromatic N) is 2. The second kappa shape index (κ2) is 6.64. The zero-order valence-corrected chi connectivity index (χ0v) is 15.6. The summed E-state index contributed by atoms with van der Waals surface area (Å²) in [6, 6.07) is 9.98. The van der Waals surface area contributed by atoms with Gasteiger partial charge in [-0.2, -0.15) is 13.2 Å². The van der Waals surface area contributed by atoms with Gasteiger partial charge in [0, 0.05) is 29.0 Å². The lowest BCUT2D eigenvalue weighted by atomic mass is 10.1. The summed E-state index contributed by atoms with van der Waals surface area (Å²) in [6.07, 6.45) is -0.828. The minimum Gasteiger partial charge on any atom is -0.297 e. The largest absolute Gasteiger partial charge is 0.416 e. The topological polar surface area (TPSA) is 63.5 Å². The van der Waals surface area contributed by atoms with Crippen molar-refractivity contribution in [2.75, 3.05) is 4.72 Å². The molecule has 0 spiro atoms. The zero-order chi connectivity index (χ0) is 19.9. The van der Waals surface area contributed by atoms with Crippen LogP contribution in [-0.4, -0.2) is 17.8 Å². The fraction of sp³-hybridized carbons (Fsp3) is 0.0556. The molecule has 0 atom stereocenters. The number of thiazole rings is 1. The van der Waals surface area contributed by atoms with Crippen LogP contribution < -0.4 is 4.72 Å². The summed E-state index contributed by atoms with van der Waals surface area (Å²) in [5.74, 6) is 0. The first-order valence-corrected chi connectivity index (χ1v) is 10.3. The van der Waals surface area contributed by atoms with Crippen LogP contribution in [0.1, 0.15) is 5.56 Å². The third kappa shape index (κ3) is 3.60. The monoisotopic (exact) mass is 423 g/mol. The summed E-state index contributed by atoms with van der Waals surface area (Å²) in [5.41, 5.74) is 0.771. The van der Waals surface area contributed by atoms with Gasteiger partial charge in [0.05, 0.1) is 16.2 Å². The number of hydrogen-bond donors (Lipinski definition) is 1. The highest BCUT2D eigenvalue weighted by Crippen LogP contribution is 2.30. The van der Waals surface area contributed by atoms with Gasteiger partial charge in [-0.3, -0.25) is 9.12 Å². The second-order valence-electron chi connectivity index (χ2n) is 5.93. The Hall–Kier alpha value is -2.85. The second-order valence-corrected chi connectivity index (χ2v) is 8.48. The summed E-state index contributed by atoms with van der Waals surface area (Å²) in [7, 11) is -4.03. The number of fused-ring (bicyclic) bond motifs is 1. The van der Waals surface area contributed by atoms with E-state index in [4.69, 9.17) is 0 Å². The lowest BCUT2D eigenvalue weighted by molar-refractivity contribution is -0.137. The van der Waals surface area contributed by atoms with Crippen LogP contribution in [0.2, 0.25) is 0 Å². The standard InChI is InChI=1S/C18H12F3N3O2S2/c19-18(20,21)13-4-6-15(7-5-13)28(25,26)23-14-3-1-2-12(10-14)16-11-24-8-9-27-17(24)22-16/h1-11,23H. The minimum atomic E-state index is -4.53. The predicted octanol–water partition coefficient (Wildman–Crippen LogP) is 4.88. The molecule has 2 aromatic carbocycles. The van der Waals surface area contributed by atoms with Crippen LogP contribution >= 0.6 is 11.3 Å². The molecule has 5 nitrogen and oxygen atoms in total. The zero-order valence-electron chi connectivity index (χ0n) is 14.0. The average Bonchev–Trinajstić information content (AvgIpc) is 3.23. The molecule has 0 amide bonds. The highest BCUT2D eigenvalue weighted by molar-refractivity contribution is 7.92. The van der Waals surface area contributed by atoms with E-state index in [0.717, 1.165) is 29.2 Å². The smallest absolute Gasteiger partial charge is 0.297 e. The minimum absolute atomic E-state index is 0.256. The number of alkyl halides is 3. The van der Waals surface area contributed by atoms with Crippen molar-refractivity contribution in [2.45, 2.75) is 11.1 Å². The Morgan fingerprint density at radius 2 is 1.82 bits per heavy atom. The molecule has 0 fully saturated rings. The lowest BCUT2D eigenvalue weighted by Crippen LogP contribution is -2.13. The van der Waals surface area contributed by atoms with Crippen LogP contribution in [0.25, 0.3) is 16.2 Å². The van der Waals surface area contributed by atoms with Crippen LogP contribution in [0.3, 0.4) is 0 Å². The Kier molecular flexibility index (Phi) is 4.39. The molecular weight excluding hydrogens is 411 g/mol. The molecule has 2 heterocycles. The Balaban J connectivity index is 1.60. The van der Waals surface area contributed by atoms with E-state index in [2.05, 4.69) is 9.71 Å². The molecule has 144 valence electrons. The van der Waals surface area contributed by atoms with Gasteiger partial charge in [0.15, 0.2) is 4.96 Å². The highest BCUT2D eigenvalue weighted by Gasteiger charge is 2.30. The maximum Gasteiger partial charge on any atom is 0.416 e. The number of aromatic nitrogens is 2. The van der Waals surface area contributed by atoms with Crippen molar-refractivity contribution >= 4 is 32.0 Å². The van der Waals surface area contributed by atoms with Crippen molar-refractivity contribution in [1.29, 1.82) is 0 Å². The van der Waals surface area contributed by atoms with Gasteiger partial charge in [-0.15, -0.1) is 11.3 Å². The van der Waals surface area contributed by atoms with Crippen LogP contribution in [-0.2, 0) is 16.2 Å². The molecular formula is C18H12F3N3O2S2. The van der Waals surface area contributed by atoms with Gasteiger partial charge >= 0.3 is 6.18 Å². The van der Waals surface area contributed by atoms with Gasteiger partial charge in [0.25, 0.3) is 10.0 Å². The third-order valence-corrected chi connectivity index (χ3v) is 6.16. The third-order valence-electron chi connectivity index (χ3n) is 4.00. The lowest BCUT2D eigenvalue weighted by Gasteiger charge is -2.11. The first kappa shape index (κ1) is 18.5. The molecule has 10 heteroatoms. The Morgan fingerprint density at radius 3 is 2.50 bits per heavy atom. The quantitative estimate of drug-likeness (QED) is 0.509. The number of rotatable bonds is 4. The normalized spacial score (nSPS) is 12.4. The van der Waals surface area contributed by atoms with Crippen molar-refractivity contribution in [3.63, 3.8) is 0 Å². The molecule has 28 heavy (non-hydrogen) atoms. The molecule has 0 unspecified atom stereocenters. The number of halogens is 3. The van der Waals surface area contributed by atoms with Gasteiger partial charge in [0.1, 0.15) is 0 Å². The van der Waals surface area contributed by atoms with Gasteiger partial charge in [-0.05, 0) is 36.4 Å². The number of imidazole rings is 1. The maximum atomic E-state index is 12.7. The van der Waals surface area contributed by atoms with Gasteiger partial charge < -0.3 is 0 Å². The van der Waals surface area contributed by atoms with E-state index in [1.165, 1.54) is 11.3 Å². The van der Waals surface area contributed by atoms with Crippen molar-refractivity contribution < 1.29 is 21.6 Å². The van der Waals surface area contributed by atoms with E-state index < -0.39 is 21.8 Å². The molecule has 1 N–H and O–H groups in total. The predicted molar refractivity (Wildman–Crippen MR) is 101 cm³/mol. The van der Waals surface area contributed by atoms with E-state index in [-0.39, 0.29) is 10.6 Å². The fourth-order valence-electron chi connectivity index (χ4n) is 2.65. The number of anilines is 1. The maximum absolute atomic E-state index is 12.7. The summed E-state index contributed by atoms with van der Waals surface area (Å²) >= 11 is 1.48. The highest BCUT2D eigenvalue weighted by atomic mass is 32.2. The Morgan fingerprint density at radius 1 is 1.07 bits per heavy atom. The molecule has 0 saturated carbocycles. The SMILES string of the molecule is O=S(=O)(Nc1cccc(-c2cn3ccsc3n2)c1)c1ccc(C(F)(F)F)cc1. The summed E-state index contributed by atoms with van der Waals surface area (Å²) in [6.45, 7) is 0. The van der Waals surface area contributed by atoms with E-state index in [9.17, 15) is 21.6 Å². The number of hydrogen-bond acceptors (Lipinski definition) is 4. The molecule has 0 aliphatic rings. The Bertz CT molecular complexity index is 1210. The molecule has 0 aliphatic carbocycles. The summed E-state index contributed by atoms with van der Waals surface area (Å²) in [4.78, 5) is 5.02. The first-order chi connectivity index (χ1) is 13.2. The van der Waals surface area contributed by atoms with Crippen molar-refractivity contribution in [3.8, 4) is 11.3 Å². The fourth-order valence-corrected chi connectivity index (χ4v) is 4.40. The average molecular weight is 423 g/mol. The first-order valence-electron chi connectivity index (χ1n) is 7.95. The van der Waals surface area contributed by atoms with E-state index in [0.29, 0.717) is 11.3 Å². The van der Waals surface area contributed by atoms with Crippen molar-refractivity contribution in [2.24, 2.45) is 0 Å². The summed E-state index contributed by atoms with van der Waals surface area (Å²) in [5, 5.41) is 1.90. The van der Waals surface area contributed by atoms with Crippen molar-refractivity contribution in [3.05, 3.63) is 71.9 Å². The van der Waals surface area contributed by atoms with Gasteiger partial charge in [0.2, 0.25) is 0 Å². The molecule has 0 saturated heterocycles. The summed E-state index contributed by atoms with van der Waals surface area (Å²) < 4.78 is 67.2. The van der Waals surface area contributed by atoms with E-state index in [1.54, 1.807) is 24.3 Å². The van der Waals surface area contributed by atoms with Crippen LogP contribution in [0.4, 0.5) is 18.9 Å². The van der Waals surface area contributed by atoms with Gasteiger partial charge in [-0.1, -0.05) is 12.1 Å². The Labute approximate surface area is 162 Å². The number of sulfonamides is 1. The molecule has 0 radical (unpaired) electrons. The van der Waals surface area contributed by atoms with Crippen LogP contribution in [0.5, 0.6) is 0 Å². The van der Waals surface area contributed by atoms with Crippen LogP contribution in [0, 0.1) is 0 Å². The molecule has 2 aromatic heterocycles. The van der Waals surface area contributed by atoms with Gasteiger partial charge in [-0.25, -0.2) is 13.4 Å². The van der Waals surface area contributed by atoms with E-state index in [1.807, 2.05) is 22.2 Å². The number of benzene rings is 2. The number of nitrogens with one attached hydrogen (secondary N) is 1. The molecule has 4 aromatic rings. The van der Waals surface area contributed by atoms with Crippen molar-refractivity contribution in [1.82, 2.24) is 9.38 Å². The molecule has 0 aliphatic heterocycles. The molecule has 4 rings (SSSR count). The van der Waals surface area contributed by atoms with E-state index >= 15 is 0 Å². The van der Waals surface area contributed by atoms with Crippen LogP contribution in [0.15, 0.2) is 71.2 Å². The molecule has 0 bridgehead atoms.